The topological polar surface area (TPSA) is 71.7 Å². The van der Waals surface area contributed by atoms with Gasteiger partial charge in [0.15, 0.2) is 0 Å². The lowest BCUT2D eigenvalue weighted by Gasteiger charge is -2.09. The van der Waals surface area contributed by atoms with Crippen molar-refractivity contribution < 1.29 is 19.1 Å². The molecule has 1 atom stereocenters. The van der Waals surface area contributed by atoms with Crippen molar-refractivity contribution in [3.8, 4) is 11.3 Å². The molecule has 2 N–H and O–H groups in total. The monoisotopic (exact) mass is 337 g/mol. The number of carboxylic acid groups (broad SMARTS) is 1. The number of ether oxygens (including phenoxy) is 1. The first-order chi connectivity index (χ1) is 10.7. The summed E-state index contributed by atoms with van der Waals surface area (Å²) < 4.78 is 11.3. The molecular formula is C17H20ClNO4. The summed E-state index contributed by atoms with van der Waals surface area (Å²) in [6, 6.07) is 10.5. The molecule has 0 saturated carbocycles. The largest absolute Gasteiger partial charge is 0.478 e. The van der Waals surface area contributed by atoms with Crippen LogP contribution in [0.5, 0.6) is 0 Å². The van der Waals surface area contributed by atoms with Crippen molar-refractivity contribution in [2.45, 2.75) is 25.5 Å². The van der Waals surface area contributed by atoms with E-state index in [1.807, 2.05) is 12.1 Å². The Bertz CT molecular complexity index is 632. The van der Waals surface area contributed by atoms with Gasteiger partial charge in [0, 0.05) is 18.7 Å². The predicted octanol–water partition coefficient (Wildman–Crippen LogP) is 3.34. The summed E-state index contributed by atoms with van der Waals surface area (Å²) in [5, 5.41) is 12.2. The molecule has 1 saturated heterocycles. The quantitative estimate of drug-likeness (QED) is 0.846. The van der Waals surface area contributed by atoms with Crippen LogP contribution < -0.4 is 5.32 Å². The molecule has 0 aliphatic carbocycles. The van der Waals surface area contributed by atoms with Crippen molar-refractivity contribution in [3.05, 3.63) is 47.7 Å². The van der Waals surface area contributed by atoms with Crippen LogP contribution in [0.15, 0.2) is 40.8 Å². The summed E-state index contributed by atoms with van der Waals surface area (Å²) in [6.07, 6.45) is 2.58. The number of carbonyl (C=O) groups is 1. The molecule has 0 bridgehead atoms. The maximum absolute atomic E-state index is 10.8. The summed E-state index contributed by atoms with van der Waals surface area (Å²) in [5.74, 6) is 0.672. The molecule has 0 radical (unpaired) electrons. The lowest BCUT2D eigenvalue weighted by molar-refractivity contribution is 0.0697. The maximum Gasteiger partial charge on any atom is 0.335 e. The highest BCUT2D eigenvalue weighted by Crippen LogP contribution is 2.22. The first-order valence-electron chi connectivity index (χ1n) is 7.47. The zero-order valence-corrected chi connectivity index (χ0v) is 13.5. The summed E-state index contributed by atoms with van der Waals surface area (Å²) in [6.45, 7) is 2.36. The average Bonchev–Trinajstić information content (AvgIpc) is 3.19. The van der Waals surface area contributed by atoms with Crippen molar-refractivity contribution in [1.29, 1.82) is 0 Å². The maximum atomic E-state index is 10.8. The molecule has 6 heteroatoms. The van der Waals surface area contributed by atoms with E-state index in [1.54, 1.807) is 24.3 Å². The van der Waals surface area contributed by atoms with E-state index in [4.69, 9.17) is 14.3 Å². The van der Waals surface area contributed by atoms with E-state index >= 15 is 0 Å². The molecule has 1 aromatic heterocycles. The third-order valence-electron chi connectivity index (χ3n) is 3.77. The molecule has 1 aromatic carbocycles. The number of rotatable bonds is 6. The molecule has 3 rings (SSSR count). The van der Waals surface area contributed by atoms with E-state index < -0.39 is 5.97 Å². The Morgan fingerprint density at radius 1 is 1.22 bits per heavy atom. The van der Waals surface area contributed by atoms with Gasteiger partial charge in [0.2, 0.25) is 0 Å². The van der Waals surface area contributed by atoms with Crippen LogP contribution >= 0.6 is 12.4 Å². The fourth-order valence-electron chi connectivity index (χ4n) is 2.57. The van der Waals surface area contributed by atoms with E-state index in [1.165, 1.54) is 0 Å². The van der Waals surface area contributed by atoms with E-state index in [0.29, 0.717) is 12.6 Å². The molecule has 1 aliphatic rings. The van der Waals surface area contributed by atoms with Crippen LogP contribution in [-0.2, 0) is 11.3 Å². The fraction of sp³-hybridized carbons (Fsp3) is 0.353. The Balaban J connectivity index is 0.00000192. The van der Waals surface area contributed by atoms with Gasteiger partial charge in [0.1, 0.15) is 11.5 Å². The molecule has 1 fully saturated rings. The second-order valence-corrected chi connectivity index (χ2v) is 5.41. The molecule has 124 valence electrons. The van der Waals surface area contributed by atoms with Gasteiger partial charge in [0.25, 0.3) is 0 Å². The van der Waals surface area contributed by atoms with Crippen LogP contribution in [0, 0.1) is 0 Å². The fourth-order valence-corrected chi connectivity index (χ4v) is 2.57. The minimum absolute atomic E-state index is 0. The third kappa shape index (κ3) is 4.58. The third-order valence-corrected chi connectivity index (χ3v) is 3.77. The lowest BCUT2D eigenvalue weighted by Crippen LogP contribution is -2.25. The van der Waals surface area contributed by atoms with E-state index in [0.717, 1.165) is 43.1 Å². The second-order valence-electron chi connectivity index (χ2n) is 5.41. The molecular weight excluding hydrogens is 318 g/mol. The highest BCUT2D eigenvalue weighted by Gasteiger charge is 2.15. The van der Waals surface area contributed by atoms with Gasteiger partial charge < -0.3 is 19.6 Å². The van der Waals surface area contributed by atoms with Gasteiger partial charge >= 0.3 is 5.97 Å². The van der Waals surface area contributed by atoms with Gasteiger partial charge in [-0.1, -0.05) is 12.1 Å². The first kappa shape index (κ1) is 17.5. The SMILES string of the molecule is Cl.O=C(O)c1ccc(-c2ccc(CNCC3CCCO3)o2)cc1. The second kappa shape index (κ2) is 8.15. The Morgan fingerprint density at radius 2 is 2.00 bits per heavy atom. The van der Waals surface area contributed by atoms with Crippen LogP contribution in [0.4, 0.5) is 0 Å². The number of halogens is 1. The average molecular weight is 338 g/mol. The van der Waals surface area contributed by atoms with Crippen molar-refractivity contribution in [3.63, 3.8) is 0 Å². The van der Waals surface area contributed by atoms with Gasteiger partial charge in [-0.25, -0.2) is 4.79 Å². The van der Waals surface area contributed by atoms with Crippen molar-refractivity contribution >= 4 is 18.4 Å². The van der Waals surface area contributed by atoms with Crippen LogP contribution in [0.25, 0.3) is 11.3 Å². The van der Waals surface area contributed by atoms with Gasteiger partial charge in [-0.05, 0) is 37.1 Å². The van der Waals surface area contributed by atoms with Crippen LogP contribution in [0.2, 0.25) is 0 Å². The number of hydrogen-bond acceptors (Lipinski definition) is 4. The number of benzene rings is 1. The predicted molar refractivity (Wildman–Crippen MR) is 89.0 cm³/mol. The van der Waals surface area contributed by atoms with E-state index in [2.05, 4.69) is 5.32 Å². The molecule has 5 nitrogen and oxygen atoms in total. The van der Waals surface area contributed by atoms with Gasteiger partial charge in [-0.3, -0.25) is 0 Å². The normalized spacial score (nSPS) is 17.0. The summed E-state index contributed by atoms with van der Waals surface area (Å²) >= 11 is 0. The smallest absolute Gasteiger partial charge is 0.335 e. The van der Waals surface area contributed by atoms with E-state index in [9.17, 15) is 4.79 Å². The summed E-state index contributed by atoms with van der Waals surface area (Å²) in [7, 11) is 0. The molecule has 23 heavy (non-hydrogen) atoms. The van der Waals surface area contributed by atoms with Crippen molar-refractivity contribution in [1.82, 2.24) is 5.32 Å². The number of carboxylic acids is 1. The summed E-state index contributed by atoms with van der Waals surface area (Å²) in [4.78, 5) is 10.8. The van der Waals surface area contributed by atoms with Gasteiger partial charge in [0.05, 0.1) is 18.2 Å². The minimum atomic E-state index is -0.926. The lowest BCUT2D eigenvalue weighted by atomic mass is 10.1. The highest BCUT2D eigenvalue weighted by atomic mass is 35.5. The molecule has 1 unspecified atom stereocenters. The Morgan fingerprint density at radius 3 is 2.65 bits per heavy atom. The Hall–Kier alpha value is -1.82. The Kier molecular flexibility index (Phi) is 6.21. The number of furan rings is 1. The van der Waals surface area contributed by atoms with Crippen LogP contribution in [-0.4, -0.2) is 30.3 Å². The Labute approximate surface area is 141 Å². The van der Waals surface area contributed by atoms with Crippen molar-refractivity contribution in [2.75, 3.05) is 13.2 Å². The number of nitrogens with one attached hydrogen (secondary N) is 1. The standard InChI is InChI=1S/C17H19NO4.ClH/c19-17(20)13-5-3-12(4-6-13)16-8-7-15(22-16)11-18-10-14-2-1-9-21-14;/h3-8,14,18H,1-2,9-11H2,(H,19,20);1H. The van der Waals surface area contributed by atoms with Gasteiger partial charge in [-0.15, -0.1) is 12.4 Å². The molecule has 0 spiro atoms. The highest BCUT2D eigenvalue weighted by molar-refractivity contribution is 5.88. The molecule has 2 aromatic rings. The van der Waals surface area contributed by atoms with E-state index in [-0.39, 0.29) is 18.0 Å². The number of aromatic carboxylic acids is 1. The summed E-state index contributed by atoms with van der Waals surface area (Å²) in [5.41, 5.74) is 1.14. The first-order valence-corrected chi connectivity index (χ1v) is 7.47. The van der Waals surface area contributed by atoms with Crippen molar-refractivity contribution in [2.24, 2.45) is 0 Å². The van der Waals surface area contributed by atoms with Crippen LogP contribution in [0.3, 0.4) is 0 Å². The molecule has 0 amide bonds. The van der Waals surface area contributed by atoms with Gasteiger partial charge in [-0.2, -0.15) is 0 Å². The van der Waals surface area contributed by atoms with Crippen LogP contribution in [0.1, 0.15) is 29.0 Å². The zero-order chi connectivity index (χ0) is 15.4. The zero-order valence-electron chi connectivity index (χ0n) is 12.7. The minimum Gasteiger partial charge on any atom is -0.478 e. The molecule has 1 aliphatic heterocycles. The number of hydrogen-bond donors (Lipinski definition) is 2. The molecule has 2 heterocycles.